The zero-order chi connectivity index (χ0) is 19.0. The highest BCUT2D eigenvalue weighted by Crippen LogP contribution is 2.41. The Morgan fingerprint density at radius 1 is 1.16 bits per heavy atom. The van der Waals surface area contributed by atoms with E-state index in [9.17, 15) is 26.7 Å². The third kappa shape index (κ3) is 3.62. The molecule has 0 saturated carbocycles. The molecule has 25 heavy (non-hydrogen) atoms. The van der Waals surface area contributed by atoms with Crippen molar-refractivity contribution >= 4 is 21.4 Å². The van der Waals surface area contributed by atoms with Crippen molar-refractivity contribution in [3.63, 3.8) is 0 Å². The van der Waals surface area contributed by atoms with Gasteiger partial charge in [-0.25, -0.2) is 8.42 Å². The normalized spacial score (nSPS) is 11.8. The summed E-state index contributed by atoms with van der Waals surface area (Å²) in [6, 6.07) is 6.77. The van der Waals surface area contributed by atoms with Gasteiger partial charge in [-0.15, -0.1) is 0 Å². The van der Waals surface area contributed by atoms with Crippen LogP contribution in [-0.2, 0) is 16.0 Å². The van der Waals surface area contributed by atoms with Gasteiger partial charge in [-0.05, 0) is 42.0 Å². The summed E-state index contributed by atoms with van der Waals surface area (Å²) in [7, 11) is -4.32. The van der Waals surface area contributed by atoms with Gasteiger partial charge in [0.2, 0.25) is 9.84 Å². The van der Waals surface area contributed by atoms with Crippen LogP contribution in [0, 0.1) is 11.3 Å². The first-order valence-electron chi connectivity index (χ1n) is 6.52. The Kier molecular flexibility index (Phi) is 4.84. The molecule has 4 nitrogen and oxygen atoms in total. The van der Waals surface area contributed by atoms with Crippen molar-refractivity contribution < 1.29 is 26.7 Å². The van der Waals surface area contributed by atoms with E-state index in [0.717, 1.165) is 30.3 Å². The summed E-state index contributed by atoms with van der Waals surface area (Å²) in [4.78, 5) is -1.32. The van der Waals surface area contributed by atoms with Crippen LogP contribution in [0.4, 0.5) is 13.2 Å². The quantitative estimate of drug-likeness (QED) is 0.784. The van der Waals surface area contributed by atoms with Crippen molar-refractivity contribution in [2.75, 3.05) is 0 Å². The van der Waals surface area contributed by atoms with Crippen molar-refractivity contribution in [2.24, 2.45) is 0 Å². The second-order valence-corrected chi connectivity index (χ2v) is 7.29. The number of aromatic hydroxyl groups is 1. The molecule has 0 atom stereocenters. The summed E-state index contributed by atoms with van der Waals surface area (Å²) < 4.78 is 64.2. The molecule has 0 fully saturated rings. The predicted octanol–water partition coefficient (Wildman–Crippen LogP) is 4.54. The molecule has 9 heteroatoms. The van der Waals surface area contributed by atoms with Gasteiger partial charge in [0, 0.05) is 5.56 Å². The number of rotatable bonds is 3. The second kappa shape index (κ2) is 6.43. The summed E-state index contributed by atoms with van der Waals surface area (Å²) >= 11 is 5.90. The van der Waals surface area contributed by atoms with Crippen LogP contribution in [0.5, 0.6) is 5.75 Å². The number of hydrogen-bond donors (Lipinski definition) is 1. The molecule has 130 valence electrons. The monoisotopic (exact) mass is 387 g/mol. The van der Waals surface area contributed by atoms with Gasteiger partial charge in [0.05, 0.1) is 15.5 Å². The maximum Gasteiger partial charge on any atom is 0.417 e. The minimum absolute atomic E-state index is 0.119. The Bertz CT molecular complexity index is 1010. The van der Waals surface area contributed by atoms with Crippen LogP contribution in [-0.4, -0.2) is 13.5 Å². The fourth-order valence-electron chi connectivity index (χ4n) is 2.09. The molecule has 0 unspecified atom stereocenters. The van der Waals surface area contributed by atoms with Crippen LogP contribution in [0.15, 0.2) is 52.8 Å². The molecule has 0 spiro atoms. The Morgan fingerprint density at radius 2 is 1.80 bits per heavy atom. The molecule has 2 aromatic rings. The number of allylic oxidation sites excluding steroid dienone is 1. The Morgan fingerprint density at radius 3 is 2.32 bits per heavy atom. The highest BCUT2D eigenvalue weighted by atomic mass is 35.5. The topological polar surface area (TPSA) is 78.2 Å². The Balaban J connectivity index is 2.82. The van der Waals surface area contributed by atoms with Crippen LogP contribution >= 0.6 is 11.6 Å². The lowest BCUT2D eigenvalue weighted by molar-refractivity contribution is -0.137. The number of phenolic OH excluding ortho intramolecular Hbond substituents is 1. The lowest BCUT2D eigenvalue weighted by Gasteiger charge is -2.16. The summed E-state index contributed by atoms with van der Waals surface area (Å²) in [5.41, 5.74) is -1.72. The van der Waals surface area contributed by atoms with E-state index in [1.807, 2.05) is 0 Å². The fraction of sp³-hybridized carbons (Fsp3) is 0.0625. The van der Waals surface area contributed by atoms with Crippen LogP contribution in [0.25, 0.3) is 11.1 Å². The van der Waals surface area contributed by atoms with Crippen LogP contribution in [0.1, 0.15) is 5.56 Å². The molecule has 2 aromatic carbocycles. The van der Waals surface area contributed by atoms with Gasteiger partial charge in [0.1, 0.15) is 16.7 Å². The number of hydrogen-bond acceptors (Lipinski definition) is 4. The molecule has 0 aliphatic heterocycles. The van der Waals surface area contributed by atoms with Crippen molar-refractivity contribution in [3.05, 3.63) is 58.5 Å². The molecule has 0 aliphatic rings. The van der Waals surface area contributed by atoms with Gasteiger partial charge in [0.15, 0.2) is 0 Å². The zero-order valence-electron chi connectivity index (χ0n) is 12.3. The number of nitrogens with zero attached hydrogens (tertiary/aromatic N) is 1. The van der Waals surface area contributed by atoms with Crippen LogP contribution < -0.4 is 0 Å². The molecule has 0 aliphatic carbocycles. The van der Waals surface area contributed by atoms with Gasteiger partial charge in [-0.1, -0.05) is 18.2 Å². The number of alkyl halides is 3. The molecule has 0 amide bonds. The first kappa shape index (κ1) is 18.8. The smallest absolute Gasteiger partial charge is 0.417 e. The van der Waals surface area contributed by atoms with E-state index in [4.69, 9.17) is 16.9 Å². The van der Waals surface area contributed by atoms with Crippen molar-refractivity contribution in [1.29, 1.82) is 5.26 Å². The number of halogens is 4. The van der Waals surface area contributed by atoms with Crippen LogP contribution in [0.2, 0.25) is 5.02 Å². The highest BCUT2D eigenvalue weighted by molar-refractivity contribution is 7.95. The molecule has 0 saturated heterocycles. The number of nitriles is 1. The summed E-state index contributed by atoms with van der Waals surface area (Å²) in [6.07, 6.45) is -4.77. The SMILES string of the molecule is C=C(C#N)S(=O)(=O)c1ccc(C(F)(F)F)c(-c2ccc(O)cc2Cl)c1. The van der Waals surface area contributed by atoms with Gasteiger partial charge >= 0.3 is 6.18 Å². The van der Waals surface area contributed by atoms with Crippen molar-refractivity contribution in [3.8, 4) is 22.9 Å². The maximum atomic E-state index is 13.3. The molecule has 2 rings (SSSR count). The lowest BCUT2D eigenvalue weighted by Crippen LogP contribution is -2.10. The number of sulfone groups is 1. The fourth-order valence-corrected chi connectivity index (χ4v) is 3.29. The van der Waals surface area contributed by atoms with E-state index >= 15 is 0 Å². The van der Waals surface area contributed by atoms with Crippen molar-refractivity contribution in [1.82, 2.24) is 0 Å². The van der Waals surface area contributed by atoms with E-state index < -0.39 is 36.9 Å². The Labute approximate surface area is 146 Å². The largest absolute Gasteiger partial charge is 0.508 e. The van der Waals surface area contributed by atoms with Crippen molar-refractivity contribution in [2.45, 2.75) is 11.1 Å². The average molecular weight is 388 g/mol. The molecule has 0 bridgehead atoms. The third-order valence-electron chi connectivity index (χ3n) is 3.30. The van der Waals surface area contributed by atoms with E-state index in [-0.39, 0.29) is 16.3 Å². The van der Waals surface area contributed by atoms with Crippen LogP contribution in [0.3, 0.4) is 0 Å². The molecular formula is C16H9ClF3NO3S. The molecule has 0 radical (unpaired) electrons. The first-order valence-corrected chi connectivity index (χ1v) is 8.39. The minimum atomic E-state index is -4.77. The molecule has 1 N–H and O–H groups in total. The number of phenols is 1. The minimum Gasteiger partial charge on any atom is -0.508 e. The van der Waals surface area contributed by atoms with E-state index in [1.165, 1.54) is 6.07 Å². The average Bonchev–Trinajstić information content (AvgIpc) is 2.52. The predicted molar refractivity (Wildman–Crippen MR) is 85.5 cm³/mol. The van der Waals surface area contributed by atoms with E-state index in [2.05, 4.69) is 6.58 Å². The summed E-state index contributed by atoms with van der Waals surface area (Å²) in [5.74, 6) is -0.260. The number of benzene rings is 2. The third-order valence-corrected chi connectivity index (χ3v) is 5.23. The standard InChI is InChI=1S/C16H9ClF3NO3S/c1-9(8-21)25(23,24)11-3-5-14(16(18,19)20)13(7-11)12-4-2-10(22)6-15(12)17/h2-7,22H,1H2. The molecule has 0 heterocycles. The van der Waals surface area contributed by atoms with Gasteiger partial charge in [-0.3, -0.25) is 0 Å². The van der Waals surface area contributed by atoms with Gasteiger partial charge < -0.3 is 5.11 Å². The summed E-state index contributed by atoms with van der Waals surface area (Å²) in [6.45, 7) is 3.09. The lowest BCUT2D eigenvalue weighted by atomic mass is 9.99. The Hall–Kier alpha value is -2.50. The maximum absolute atomic E-state index is 13.3. The highest BCUT2D eigenvalue weighted by Gasteiger charge is 2.35. The second-order valence-electron chi connectivity index (χ2n) is 4.91. The molecule has 0 aromatic heterocycles. The van der Waals surface area contributed by atoms with E-state index in [0.29, 0.717) is 6.07 Å². The van der Waals surface area contributed by atoms with E-state index in [1.54, 1.807) is 0 Å². The zero-order valence-corrected chi connectivity index (χ0v) is 13.9. The molecular weight excluding hydrogens is 379 g/mol. The summed E-state index contributed by atoms with van der Waals surface area (Å²) in [5, 5.41) is 17.9. The van der Waals surface area contributed by atoms with Gasteiger partial charge in [0.25, 0.3) is 0 Å². The first-order chi connectivity index (χ1) is 11.5. The van der Waals surface area contributed by atoms with Gasteiger partial charge in [-0.2, -0.15) is 18.4 Å².